The van der Waals surface area contributed by atoms with Crippen LogP contribution in [0.15, 0.2) is 0 Å². The van der Waals surface area contributed by atoms with Crippen LogP contribution in [0.1, 0.15) is 13.3 Å². The molecular weight excluding hydrogens is 152 g/mol. The van der Waals surface area contributed by atoms with Gasteiger partial charge in [-0.1, -0.05) is 6.92 Å². The Labute approximate surface area is 74.9 Å². The van der Waals surface area contributed by atoms with Crippen LogP contribution in [0.3, 0.4) is 0 Å². The Balaban J connectivity index is 2.40. The molecule has 4 nitrogen and oxygen atoms in total. The summed E-state index contributed by atoms with van der Waals surface area (Å²) in [6.07, 6.45) is 1.71. The zero-order valence-electron chi connectivity index (χ0n) is 8.30. The quantitative estimate of drug-likeness (QED) is 0.609. The average Bonchev–Trinajstić information content (AvgIpc) is 2.07. The van der Waals surface area contributed by atoms with Crippen molar-refractivity contribution in [3.63, 3.8) is 0 Å². The van der Waals surface area contributed by atoms with E-state index in [2.05, 4.69) is 41.5 Å². The smallest absolute Gasteiger partial charge is 0.0637 e. The molecule has 12 heavy (non-hydrogen) atoms. The van der Waals surface area contributed by atoms with E-state index in [1.165, 1.54) is 0 Å². The first-order chi connectivity index (χ1) is 5.75. The van der Waals surface area contributed by atoms with Crippen LogP contribution in [0.2, 0.25) is 0 Å². The monoisotopic (exact) mass is 172 g/mol. The molecule has 0 aromatic rings. The summed E-state index contributed by atoms with van der Waals surface area (Å²) < 4.78 is 0. The molecule has 1 atom stereocenters. The summed E-state index contributed by atoms with van der Waals surface area (Å²) >= 11 is 0. The van der Waals surface area contributed by atoms with Gasteiger partial charge in [-0.05, 0) is 20.5 Å². The largest absolute Gasteiger partial charge is 0.294 e. The second-order valence-corrected chi connectivity index (χ2v) is 3.43. The summed E-state index contributed by atoms with van der Waals surface area (Å²) in [6.45, 7) is 5.13. The molecule has 0 saturated carbocycles. The normalized spacial score (nSPS) is 23.0. The molecule has 0 amide bonds. The summed E-state index contributed by atoms with van der Waals surface area (Å²) in [7, 11) is 4.26. The van der Waals surface area contributed by atoms with Crippen LogP contribution in [0, 0.1) is 0 Å². The van der Waals surface area contributed by atoms with E-state index in [-0.39, 0.29) is 0 Å². The molecule has 1 unspecified atom stereocenters. The molecule has 1 aliphatic heterocycles. The number of nitrogens with zero attached hydrogens (tertiary/aromatic N) is 2. The summed E-state index contributed by atoms with van der Waals surface area (Å²) in [5.41, 5.74) is 0. The van der Waals surface area contributed by atoms with Crippen molar-refractivity contribution in [2.75, 3.05) is 34.1 Å². The van der Waals surface area contributed by atoms with Crippen molar-refractivity contribution in [2.45, 2.75) is 19.5 Å². The molecule has 72 valence electrons. The molecule has 0 aromatic carbocycles. The van der Waals surface area contributed by atoms with E-state index >= 15 is 0 Å². The Bertz CT molecular complexity index is 120. The lowest BCUT2D eigenvalue weighted by atomic mass is 10.3. The van der Waals surface area contributed by atoms with Crippen LogP contribution in [-0.2, 0) is 0 Å². The molecule has 1 rings (SSSR count). The van der Waals surface area contributed by atoms with Crippen molar-refractivity contribution < 1.29 is 0 Å². The van der Waals surface area contributed by atoms with Gasteiger partial charge in [0.1, 0.15) is 0 Å². The van der Waals surface area contributed by atoms with E-state index in [0.717, 1.165) is 26.4 Å². The SMILES string of the molecule is CCC(N(C)C)N1CNCNC1. The van der Waals surface area contributed by atoms with Gasteiger partial charge in [0, 0.05) is 6.67 Å². The summed E-state index contributed by atoms with van der Waals surface area (Å²) in [4.78, 5) is 4.65. The van der Waals surface area contributed by atoms with Crippen LogP contribution in [0.25, 0.3) is 0 Å². The van der Waals surface area contributed by atoms with Crippen molar-refractivity contribution in [2.24, 2.45) is 0 Å². The van der Waals surface area contributed by atoms with Crippen molar-refractivity contribution >= 4 is 0 Å². The van der Waals surface area contributed by atoms with Gasteiger partial charge in [0.05, 0.1) is 19.5 Å². The molecule has 0 aromatic heterocycles. The number of rotatable bonds is 3. The fourth-order valence-corrected chi connectivity index (χ4v) is 1.70. The van der Waals surface area contributed by atoms with Gasteiger partial charge in [-0.15, -0.1) is 0 Å². The van der Waals surface area contributed by atoms with Crippen LogP contribution in [0.5, 0.6) is 0 Å². The first kappa shape index (κ1) is 9.92. The molecule has 2 N–H and O–H groups in total. The minimum absolute atomic E-state index is 0.547. The van der Waals surface area contributed by atoms with E-state index in [0.29, 0.717) is 6.17 Å². The predicted molar refractivity (Wildman–Crippen MR) is 50.5 cm³/mol. The van der Waals surface area contributed by atoms with Crippen molar-refractivity contribution in [1.29, 1.82) is 0 Å². The van der Waals surface area contributed by atoms with Gasteiger partial charge in [-0.25, -0.2) is 0 Å². The van der Waals surface area contributed by atoms with Crippen molar-refractivity contribution in [1.82, 2.24) is 20.4 Å². The Morgan fingerprint density at radius 2 is 1.92 bits per heavy atom. The molecule has 0 bridgehead atoms. The molecule has 1 heterocycles. The topological polar surface area (TPSA) is 30.5 Å². The lowest BCUT2D eigenvalue weighted by Gasteiger charge is -2.38. The zero-order valence-corrected chi connectivity index (χ0v) is 8.30. The van der Waals surface area contributed by atoms with Gasteiger partial charge in [-0.3, -0.25) is 20.4 Å². The lowest BCUT2D eigenvalue weighted by molar-refractivity contribution is 0.0429. The average molecular weight is 172 g/mol. The van der Waals surface area contributed by atoms with Crippen LogP contribution < -0.4 is 10.6 Å². The Kier molecular flexibility index (Phi) is 3.94. The fourth-order valence-electron chi connectivity index (χ4n) is 1.70. The van der Waals surface area contributed by atoms with Gasteiger partial charge in [0.25, 0.3) is 0 Å². The molecule has 1 saturated heterocycles. The molecule has 0 aliphatic carbocycles. The van der Waals surface area contributed by atoms with Gasteiger partial charge < -0.3 is 0 Å². The maximum Gasteiger partial charge on any atom is 0.0637 e. The first-order valence-corrected chi connectivity index (χ1v) is 4.57. The van der Waals surface area contributed by atoms with Gasteiger partial charge in [0.2, 0.25) is 0 Å². The van der Waals surface area contributed by atoms with Crippen LogP contribution >= 0.6 is 0 Å². The minimum atomic E-state index is 0.547. The molecule has 1 aliphatic rings. The van der Waals surface area contributed by atoms with Crippen molar-refractivity contribution in [3.05, 3.63) is 0 Å². The van der Waals surface area contributed by atoms with E-state index in [1.807, 2.05) is 0 Å². The van der Waals surface area contributed by atoms with E-state index in [4.69, 9.17) is 0 Å². The summed E-state index contributed by atoms with van der Waals surface area (Å²) in [5.74, 6) is 0. The Morgan fingerprint density at radius 1 is 1.33 bits per heavy atom. The van der Waals surface area contributed by atoms with Gasteiger partial charge in [0.15, 0.2) is 0 Å². The Morgan fingerprint density at radius 3 is 2.33 bits per heavy atom. The predicted octanol–water partition coefficient (Wildman–Crippen LogP) is -0.349. The summed E-state index contributed by atoms with van der Waals surface area (Å²) in [6, 6.07) is 0. The standard InChI is InChI=1S/C8H20N4/c1-4-8(11(2)3)12-6-9-5-10-7-12/h8-10H,4-7H2,1-3H3. The minimum Gasteiger partial charge on any atom is -0.294 e. The molecule has 1 fully saturated rings. The lowest BCUT2D eigenvalue weighted by Crippen LogP contribution is -2.57. The second kappa shape index (κ2) is 4.77. The van der Waals surface area contributed by atoms with E-state index in [1.54, 1.807) is 0 Å². The van der Waals surface area contributed by atoms with Crippen LogP contribution in [-0.4, -0.2) is 50.1 Å². The van der Waals surface area contributed by atoms with Gasteiger partial charge >= 0.3 is 0 Å². The highest BCUT2D eigenvalue weighted by Gasteiger charge is 2.19. The maximum absolute atomic E-state index is 3.29. The highest BCUT2D eigenvalue weighted by molar-refractivity contribution is 4.69. The highest BCUT2D eigenvalue weighted by atomic mass is 15.4. The maximum atomic E-state index is 3.29. The summed E-state index contributed by atoms with van der Waals surface area (Å²) in [5, 5.41) is 6.59. The molecule has 4 heteroatoms. The zero-order chi connectivity index (χ0) is 8.97. The number of nitrogens with one attached hydrogen (secondary N) is 2. The molecule has 0 radical (unpaired) electrons. The molecule has 0 spiro atoms. The second-order valence-electron chi connectivity index (χ2n) is 3.43. The third-order valence-corrected chi connectivity index (χ3v) is 2.26. The number of hydrogen-bond acceptors (Lipinski definition) is 4. The third-order valence-electron chi connectivity index (χ3n) is 2.26. The first-order valence-electron chi connectivity index (χ1n) is 4.57. The van der Waals surface area contributed by atoms with E-state index in [9.17, 15) is 0 Å². The molecular formula is C8H20N4. The third kappa shape index (κ3) is 2.42. The van der Waals surface area contributed by atoms with Crippen LogP contribution in [0.4, 0.5) is 0 Å². The van der Waals surface area contributed by atoms with Crippen molar-refractivity contribution in [3.8, 4) is 0 Å². The fraction of sp³-hybridized carbons (Fsp3) is 1.00. The Hall–Kier alpha value is -0.160. The van der Waals surface area contributed by atoms with Gasteiger partial charge in [-0.2, -0.15) is 0 Å². The van der Waals surface area contributed by atoms with E-state index < -0.39 is 0 Å². The number of hydrogen-bond donors (Lipinski definition) is 2. The highest BCUT2D eigenvalue weighted by Crippen LogP contribution is 2.05.